The van der Waals surface area contributed by atoms with Crippen LogP contribution in [0.1, 0.15) is 24.3 Å². The predicted molar refractivity (Wildman–Crippen MR) is 109 cm³/mol. The monoisotopic (exact) mass is 361 g/mol. The number of hydrogen-bond acceptors (Lipinski definition) is 4. The van der Waals surface area contributed by atoms with Gasteiger partial charge in [0.15, 0.2) is 0 Å². The second-order valence-electron chi connectivity index (χ2n) is 8.07. The number of piperazine rings is 1. The van der Waals surface area contributed by atoms with Gasteiger partial charge >= 0.3 is 0 Å². The van der Waals surface area contributed by atoms with E-state index in [-0.39, 0.29) is 0 Å². The molecule has 2 fully saturated rings. The van der Waals surface area contributed by atoms with Gasteiger partial charge in [-0.1, -0.05) is 36.4 Å². The highest BCUT2D eigenvalue weighted by atomic mass is 16.4. The molecular formula is C23H27N3O. The summed E-state index contributed by atoms with van der Waals surface area (Å²) in [4.78, 5) is 10.0. The molecule has 1 saturated heterocycles. The molecule has 0 unspecified atom stereocenters. The molecule has 1 aliphatic carbocycles. The van der Waals surface area contributed by atoms with Gasteiger partial charge in [-0.25, -0.2) is 4.98 Å². The fourth-order valence-corrected chi connectivity index (χ4v) is 4.11. The van der Waals surface area contributed by atoms with Gasteiger partial charge in [-0.05, 0) is 42.5 Å². The molecule has 0 atom stereocenters. The Morgan fingerprint density at radius 2 is 1.70 bits per heavy atom. The lowest BCUT2D eigenvalue weighted by atomic mass is 10.0. The first-order valence-corrected chi connectivity index (χ1v) is 10.2. The van der Waals surface area contributed by atoms with E-state index < -0.39 is 0 Å². The first-order chi connectivity index (χ1) is 13.3. The van der Waals surface area contributed by atoms with Gasteiger partial charge in [-0.15, -0.1) is 0 Å². The minimum Gasteiger partial charge on any atom is -0.441 e. The third kappa shape index (κ3) is 3.64. The second kappa shape index (κ2) is 7.10. The minimum atomic E-state index is 0.742. The van der Waals surface area contributed by atoms with E-state index in [1.54, 1.807) is 0 Å². The molecule has 140 valence electrons. The summed E-state index contributed by atoms with van der Waals surface area (Å²) in [6.07, 6.45) is 2.88. The first kappa shape index (κ1) is 17.0. The van der Waals surface area contributed by atoms with E-state index in [0.717, 1.165) is 48.5 Å². The van der Waals surface area contributed by atoms with Crippen molar-refractivity contribution in [2.75, 3.05) is 32.7 Å². The van der Waals surface area contributed by atoms with Crippen molar-refractivity contribution < 1.29 is 4.42 Å². The van der Waals surface area contributed by atoms with Crippen molar-refractivity contribution in [1.29, 1.82) is 0 Å². The van der Waals surface area contributed by atoms with Crippen LogP contribution in [-0.4, -0.2) is 47.5 Å². The number of benzene rings is 2. The van der Waals surface area contributed by atoms with E-state index in [9.17, 15) is 0 Å². The van der Waals surface area contributed by atoms with Crippen LogP contribution in [0.3, 0.4) is 0 Å². The van der Waals surface area contributed by atoms with Crippen LogP contribution in [0, 0.1) is 12.8 Å². The van der Waals surface area contributed by atoms with E-state index in [1.165, 1.54) is 43.2 Å². The van der Waals surface area contributed by atoms with Gasteiger partial charge in [0, 0.05) is 44.8 Å². The molecule has 4 heteroatoms. The summed E-state index contributed by atoms with van der Waals surface area (Å²) in [5.41, 5.74) is 2.16. The topological polar surface area (TPSA) is 32.5 Å². The van der Waals surface area contributed by atoms with E-state index in [1.807, 2.05) is 6.92 Å². The highest BCUT2D eigenvalue weighted by Gasteiger charge is 2.27. The van der Waals surface area contributed by atoms with Crippen molar-refractivity contribution in [1.82, 2.24) is 14.8 Å². The lowest BCUT2D eigenvalue weighted by Gasteiger charge is -2.34. The van der Waals surface area contributed by atoms with Crippen LogP contribution in [-0.2, 0) is 6.54 Å². The third-order valence-corrected chi connectivity index (χ3v) is 5.96. The summed E-state index contributed by atoms with van der Waals surface area (Å²) in [6, 6.07) is 14.7. The first-order valence-electron chi connectivity index (χ1n) is 10.2. The SMILES string of the molecule is Cc1oc(-c2cccc3ccccc23)nc1CN1CCN(CC2CC2)CC1. The lowest BCUT2D eigenvalue weighted by Crippen LogP contribution is -2.46. The zero-order valence-electron chi connectivity index (χ0n) is 16.0. The van der Waals surface area contributed by atoms with Crippen LogP contribution in [0.2, 0.25) is 0 Å². The number of hydrogen-bond donors (Lipinski definition) is 0. The van der Waals surface area contributed by atoms with Crippen molar-refractivity contribution in [3.8, 4) is 11.5 Å². The Morgan fingerprint density at radius 3 is 2.52 bits per heavy atom. The number of oxazole rings is 1. The van der Waals surface area contributed by atoms with E-state index in [2.05, 4.69) is 52.3 Å². The van der Waals surface area contributed by atoms with Crippen LogP contribution >= 0.6 is 0 Å². The Bertz CT molecular complexity index is 930. The third-order valence-electron chi connectivity index (χ3n) is 5.96. The number of nitrogens with zero attached hydrogens (tertiary/aromatic N) is 3. The van der Waals surface area contributed by atoms with Crippen molar-refractivity contribution >= 4 is 10.8 Å². The number of fused-ring (bicyclic) bond motifs is 1. The molecule has 0 radical (unpaired) electrons. The molecule has 1 aliphatic heterocycles. The van der Waals surface area contributed by atoms with Gasteiger partial charge in [-0.2, -0.15) is 0 Å². The maximum Gasteiger partial charge on any atom is 0.227 e. The molecule has 0 N–H and O–H groups in total. The molecule has 1 saturated carbocycles. The summed E-state index contributed by atoms with van der Waals surface area (Å²) >= 11 is 0. The predicted octanol–water partition coefficient (Wildman–Crippen LogP) is 4.33. The normalized spacial score (nSPS) is 19.0. The van der Waals surface area contributed by atoms with Crippen LogP contribution in [0.5, 0.6) is 0 Å². The molecule has 0 spiro atoms. The fraction of sp³-hybridized carbons (Fsp3) is 0.435. The summed E-state index contributed by atoms with van der Waals surface area (Å²) in [7, 11) is 0. The van der Waals surface area contributed by atoms with Gasteiger partial charge in [0.25, 0.3) is 0 Å². The Kier molecular flexibility index (Phi) is 4.46. The van der Waals surface area contributed by atoms with Crippen LogP contribution in [0.25, 0.3) is 22.2 Å². The van der Waals surface area contributed by atoms with Gasteiger partial charge in [-0.3, -0.25) is 4.90 Å². The molecule has 2 aliphatic rings. The molecule has 2 aromatic carbocycles. The molecule has 27 heavy (non-hydrogen) atoms. The summed E-state index contributed by atoms with van der Waals surface area (Å²) in [5.74, 6) is 2.67. The molecule has 0 amide bonds. The molecule has 2 heterocycles. The van der Waals surface area contributed by atoms with E-state index in [0.29, 0.717) is 0 Å². The van der Waals surface area contributed by atoms with Crippen molar-refractivity contribution in [3.05, 3.63) is 53.9 Å². The van der Waals surface area contributed by atoms with E-state index >= 15 is 0 Å². The molecular weight excluding hydrogens is 334 g/mol. The van der Waals surface area contributed by atoms with Crippen molar-refractivity contribution in [3.63, 3.8) is 0 Å². The molecule has 0 bridgehead atoms. The minimum absolute atomic E-state index is 0.742. The summed E-state index contributed by atoms with van der Waals surface area (Å²) in [5, 5.41) is 2.42. The van der Waals surface area contributed by atoms with Crippen molar-refractivity contribution in [2.45, 2.75) is 26.3 Å². The fourth-order valence-electron chi connectivity index (χ4n) is 4.11. The van der Waals surface area contributed by atoms with Gasteiger partial charge in [0.05, 0.1) is 5.69 Å². The number of aryl methyl sites for hydroxylation is 1. The maximum absolute atomic E-state index is 6.08. The van der Waals surface area contributed by atoms with Crippen LogP contribution in [0.4, 0.5) is 0 Å². The van der Waals surface area contributed by atoms with Crippen LogP contribution in [0.15, 0.2) is 46.9 Å². The quantitative estimate of drug-likeness (QED) is 0.677. The zero-order chi connectivity index (χ0) is 18.2. The van der Waals surface area contributed by atoms with Crippen molar-refractivity contribution in [2.24, 2.45) is 5.92 Å². The maximum atomic E-state index is 6.08. The Balaban J connectivity index is 1.31. The van der Waals surface area contributed by atoms with Gasteiger partial charge in [0.1, 0.15) is 5.76 Å². The Labute approximate surface area is 160 Å². The number of rotatable bonds is 5. The zero-order valence-corrected chi connectivity index (χ0v) is 16.0. The Morgan fingerprint density at radius 1 is 0.963 bits per heavy atom. The smallest absolute Gasteiger partial charge is 0.227 e. The average molecular weight is 361 g/mol. The summed E-state index contributed by atoms with van der Waals surface area (Å²) < 4.78 is 6.08. The average Bonchev–Trinajstić information content (AvgIpc) is 3.44. The second-order valence-corrected chi connectivity index (χ2v) is 8.07. The molecule has 5 rings (SSSR count). The van der Waals surface area contributed by atoms with Gasteiger partial charge < -0.3 is 9.32 Å². The summed E-state index contributed by atoms with van der Waals surface area (Å²) in [6.45, 7) is 8.86. The molecule has 4 nitrogen and oxygen atoms in total. The Hall–Kier alpha value is -2.17. The number of aromatic nitrogens is 1. The van der Waals surface area contributed by atoms with Crippen LogP contribution < -0.4 is 0 Å². The standard InChI is InChI=1S/C23H27N3O/c1-17-22(16-26-13-11-25(12-14-26)15-18-9-10-18)24-23(27-17)21-8-4-6-19-5-2-3-7-20(19)21/h2-8,18H,9-16H2,1H3. The molecule has 3 aromatic rings. The van der Waals surface area contributed by atoms with Gasteiger partial charge in [0.2, 0.25) is 5.89 Å². The highest BCUT2D eigenvalue weighted by molar-refractivity contribution is 5.94. The lowest BCUT2D eigenvalue weighted by molar-refractivity contribution is 0.122. The highest BCUT2D eigenvalue weighted by Crippen LogP contribution is 2.31. The van der Waals surface area contributed by atoms with E-state index in [4.69, 9.17) is 9.40 Å². The molecule has 1 aromatic heterocycles. The largest absolute Gasteiger partial charge is 0.441 e.